The Hall–Kier alpha value is -2.39. The number of hydrogen-bond donors (Lipinski definition) is 2. The number of rotatable bonds is 2. The Morgan fingerprint density at radius 3 is 2.47 bits per heavy atom. The highest BCUT2D eigenvalue weighted by atomic mass is 16.4. The SMILES string of the molecule is C=C(C(=O)O)c1cccc2c1C(O)c1ccccc1-2. The molecule has 94 valence electrons. The smallest absolute Gasteiger partial charge is 0.335 e. The lowest BCUT2D eigenvalue weighted by molar-refractivity contribution is -0.130. The molecule has 1 unspecified atom stereocenters. The highest BCUT2D eigenvalue weighted by molar-refractivity contribution is 6.15. The molecule has 1 atom stereocenters. The van der Waals surface area contributed by atoms with Gasteiger partial charge < -0.3 is 10.2 Å². The Kier molecular flexibility index (Phi) is 2.50. The van der Waals surface area contributed by atoms with Gasteiger partial charge in [0.25, 0.3) is 0 Å². The van der Waals surface area contributed by atoms with Crippen LogP contribution in [-0.4, -0.2) is 16.2 Å². The topological polar surface area (TPSA) is 57.5 Å². The number of carboxylic acids is 1. The summed E-state index contributed by atoms with van der Waals surface area (Å²) < 4.78 is 0. The van der Waals surface area contributed by atoms with E-state index in [1.165, 1.54) is 0 Å². The number of aliphatic carboxylic acids is 1. The van der Waals surface area contributed by atoms with Crippen molar-refractivity contribution in [3.63, 3.8) is 0 Å². The maximum Gasteiger partial charge on any atom is 0.335 e. The van der Waals surface area contributed by atoms with Crippen LogP contribution >= 0.6 is 0 Å². The van der Waals surface area contributed by atoms with Crippen molar-refractivity contribution in [3.05, 3.63) is 65.7 Å². The van der Waals surface area contributed by atoms with Crippen LogP contribution in [0.1, 0.15) is 22.8 Å². The average Bonchev–Trinajstić information content (AvgIpc) is 2.72. The van der Waals surface area contributed by atoms with E-state index in [9.17, 15) is 9.90 Å². The number of carboxylic acid groups (broad SMARTS) is 1. The van der Waals surface area contributed by atoms with Crippen molar-refractivity contribution < 1.29 is 15.0 Å². The van der Waals surface area contributed by atoms with Crippen molar-refractivity contribution in [2.24, 2.45) is 0 Å². The van der Waals surface area contributed by atoms with E-state index in [1.807, 2.05) is 30.3 Å². The van der Waals surface area contributed by atoms with Gasteiger partial charge in [0.2, 0.25) is 0 Å². The third kappa shape index (κ3) is 1.59. The molecular weight excluding hydrogens is 240 g/mol. The summed E-state index contributed by atoms with van der Waals surface area (Å²) in [4.78, 5) is 11.1. The number of aliphatic hydroxyl groups excluding tert-OH is 1. The van der Waals surface area contributed by atoms with E-state index in [2.05, 4.69) is 6.58 Å². The van der Waals surface area contributed by atoms with Crippen LogP contribution < -0.4 is 0 Å². The molecule has 0 heterocycles. The monoisotopic (exact) mass is 252 g/mol. The molecule has 0 saturated heterocycles. The van der Waals surface area contributed by atoms with Gasteiger partial charge in [-0.25, -0.2) is 4.79 Å². The van der Waals surface area contributed by atoms with Crippen LogP contribution in [0.3, 0.4) is 0 Å². The van der Waals surface area contributed by atoms with Crippen LogP contribution in [0.25, 0.3) is 16.7 Å². The van der Waals surface area contributed by atoms with Crippen molar-refractivity contribution in [3.8, 4) is 11.1 Å². The van der Waals surface area contributed by atoms with Gasteiger partial charge in [-0.2, -0.15) is 0 Å². The standard InChI is InChI=1S/C16H12O3/c1-9(16(18)19)10-7-4-8-12-11-5-2-3-6-13(11)15(17)14(10)12/h2-8,15,17H,1H2,(H,18,19). The fourth-order valence-electron chi connectivity index (χ4n) is 2.61. The second-order valence-electron chi connectivity index (χ2n) is 4.54. The molecule has 3 nitrogen and oxygen atoms in total. The fourth-order valence-corrected chi connectivity index (χ4v) is 2.61. The van der Waals surface area contributed by atoms with Crippen LogP contribution in [0.4, 0.5) is 0 Å². The predicted molar refractivity (Wildman–Crippen MR) is 72.6 cm³/mol. The molecule has 0 amide bonds. The zero-order valence-corrected chi connectivity index (χ0v) is 10.1. The third-order valence-electron chi connectivity index (χ3n) is 3.51. The first kappa shape index (κ1) is 11.7. The lowest BCUT2D eigenvalue weighted by Gasteiger charge is -2.11. The number of benzene rings is 2. The molecule has 19 heavy (non-hydrogen) atoms. The highest BCUT2D eigenvalue weighted by Crippen LogP contribution is 2.45. The van der Waals surface area contributed by atoms with Crippen molar-refractivity contribution >= 4 is 11.5 Å². The summed E-state index contributed by atoms with van der Waals surface area (Å²) in [5, 5.41) is 19.5. The van der Waals surface area contributed by atoms with Crippen molar-refractivity contribution in [2.75, 3.05) is 0 Å². The summed E-state index contributed by atoms with van der Waals surface area (Å²) in [6.07, 6.45) is -0.793. The van der Waals surface area contributed by atoms with Gasteiger partial charge in [-0.1, -0.05) is 49.0 Å². The van der Waals surface area contributed by atoms with Gasteiger partial charge in [0, 0.05) is 5.56 Å². The van der Waals surface area contributed by atoms with E-state index in [0.717, 1.165) is 16.7 Å². The molecule has 3 rings (SSSR count). The van der Waals surface area contributed by atoms with Gasteiger partial charge in [0.05, 0.1) is 5.57 Å². The largest absolute Gasteiger partial charge is 0.478 e. The molecule has 0 aromatic heterocycles. The molecule has 1 aliphatic rings. The Balaban J connectivity index is 2.27. The van der Waals surface area contributed by atoms with Crippen molar-refractivity contribution in [2.45, 2.75) is 6.10 Å². The number of aliphatic hydroxyl groups is 1. The molecule has 2 aromatic rings. The molecule has 0 aliphatic heterocycles. The molecule has 0 spiro atoms. The molecule has 3 heteroatoms. The maximum atomic E-state index is 11.1. The zero-order valence-electron chi connectivity index (χ0n) is 10.1. The second-order valence-corrected chi connectivity index (χ2v) is 4.54. The molecule has 0 fully saturated rings. The fraction of sp³-hybridized carbons (Fsp3) is 0.0625. The Bertz CT molecular complexity index is 701. The summed E-state index contributed by atoms with van der Waals surface area (Å²) in [6.45, 7) is 3.59. The Labute approximate surface area is 110 Å². The number of hydrogen-bond acceptors (Lipinski definition) is 2. The Morgan fingerprint density at radius 2 is 1.74 bits per heavy atom. The Morgan fingerprint density at radius 1 is 1.05 bits per heavy atom. The second kappa shape index (κ2) is 4.07. The summed E-state index contributed by atoms with van der Waals surface area (Å²) in [5.41, 5.74) is 3.77. The lowest BCUT2D eigenvalue weighted by atomic mass is 9.95. The first-order valence-electron chi connectivity index (χ1n) is 5.94. The van der Waals surface area contributed by atoms with Gasteiger partial charge in [-0.05, 0) is 22.3 Å². The average molecular weight is 252 g/mol. The summed E-state index contributed by atoms with van der Waals surface area (Å²) in [5.74, 6) is -1.07. The van der Waals surface area contributed by atoms with Crippen LogP contribution in [0.2, 0.25) is 0 Å². The summed E-state index contributed by atoms with van der Waals surface area (Å²) in [6, 6.07) is 12.9. The summed E-state index contributed by atoms with van der Waals surface area (Å²) >= 11 is 0. The molecule has 1 aliphatic carbocycles. The lowest BCUT2D eigenvalue weighted by Crippen LogP contribution is -2.04. The highest BCUT2D eigenvalue weighted by Gasteiger charge is 2.30. The minimum atomic E-state index is -1.07. The van der Waals surface area contributed by atoms with E-state index < -0.39 is 12.1 Å². The minimum Gasteiger partial charge on any atom is -0.478 e. The maximum absolute atomic E-state index is 11.1. The first-order chi connectivity index (χ1) is 9.11. The zero-order chi connectivity index (χ0) is 13.6. The van der Waals surface area contributed by atoms with E-state index in [1.54, 1.807) is 12.1 Å². The molecule has 0 saturated carbocycles. The first-order valence-corrected chi connectivity index (χ1v) is 5.94. The van der Waals surface area contributed by atoms with Gasteiger partial charge in [0.15, 0.2) is 0 Å². The van der Waals surface area contributed by atoms with E-state index in [-0.39, 0.29) is 5.57 Å². The van der Waals surface area contributed by atoms with Gasteiger partial charge >= 0.3 is 5.97 Å². The van der Waals surface area contributed by atoms with Gasteiger partial charge in [-0.15, -0.1) is 0 Å². The van der Waals surface area contributed by atoms with Crippen LogP contribution in [0.15, 0.2) is 49.0 Å². The molecule has 2 aromatic carbocycles. The quantitative estimate of drug-likeness (QED) is 0.808. The number of fused-ring (bicyclic) bond motifs is 3. The van der Waals surface area contributed by atoms with E-state index in [4.69, 9.17) is 5.11 Å². The van der Waals surface area contributed by atoms with Crippen LogP contribution in [0, 0.1) is 0 Å². The van der Waals surface area contributed by atoms with E-state index >= 15 is 0 Å². The molecule has 0 radical (unpaired) electrons. The molecule has 2 N–H and O–H groups in total. The van der Waals surface area contributed by atoms with Crippen LogP contribution in [0.5, 0.6) is 0 Å². The van der Waals surface area contributed by atoms with Crippen LogP contribution in [-0.2, 0) is 4.79 Å². The predicted octanol–water partition coefficient (Wildman–Crippen LogP) is 2.85. The summed E-state index contributed by atoms with van der Waals surface area (Å²) in [7, 11) is 0. The molecule has 0 bridgehead atoms. The van der Waals surface area contributed by atoms with Gasteiger partial charge in [-0.3, -0.25) is 0 Å². The normalized spacial score (nSPS) is 15.7. The number of carbonyl (C=O) groups is 1. The van der Waals surface area contributed by atoms with Crippen molar-refractivity contribution in [1.29, 1.82) is 0 Å². The van der Waals surface area contributed by atoms with Gasteiger partial charge in [0.1, 0.15) is 6.10 Å². The minimum absolute atomic E-state index is 0.00343. The third-order valence-corrected chi connectivity index (χ3v) is 3.51. The molecular formula is C16H12O3. The van der Waals surface area contributed by atoms with Crippen molar-refractivity contribution in [1.82, 2.24) is 0 Å². The van der Waals surface area contributed by atoms with E-state index in [0.29, 0.717) is 11.1 Å².